The maximum atomic E-state index is 12.1. The quantitative estimate of drug-likeness (QED) is 0.776. The predicted molar refractivity (Wildman–Crippen MR) is 106 cm³/mol. The normalized spacial score (nSPS) is 14.3. The lowest BCUT2D eigenvalue weighted by Crippen LogP contribution is -2.36. The molecule has 0 spiro atoms. The number of carbonyl (C=O) groups is 1. The van der Waals surface area contributed by atoms with Crippen LogP contribution in [-0.2, 0) is 17.6 Å². The molecule has 4 heteroatoms. The molecule has 0 bridgehead atoms. The van der Waals surface area contributed by atoms with Gasteiger partial charge in [0.15, 0.2) is 0 Å². The second-order valence-electron chi connectivity index (χ2n) is 6.68. The number of amides is 1. The third kappa shape index (κ3) is 5.09. The summed E-state index contributed by atoms with van der Waals surface area (Å²) in [6, 6.07) is 16.6. The molecule has 1 aliphatic heterocycles. The lowest BCUT2D eigenvalue weighted by atomic mass is 10.1. The van der Waals surface area contributed by atoms with Crippen LogP contribution in [0.15, 0.2) is 48.5 Å². The van der Waals surface area contributed by atoms with Crippen LogP contribution in [0.5, 0.6) is 0 Å². The molecule has 26 heavy (non-hydrogen) atoms. The average molecular weight is 352 g/mol. The Morgan fingerprint density at radius 3 is 2.31 bits per heavy atom. The highest BCUT2D eigenvalue weighted by Gasteiger charge is 2.10. The molecule has 2 aromatic rings. The molecule has 1 fully saturated rings. The minimum absolute atomic E-state index is 0.00955. The first kappa shape index (κ1) is 18.5. The third-order valence-corrected chi connectivity index (χ3v) is 4.86. The summed E-state index contributed by atoms with van der Waals surface area (Å²) in [5.41, 5.74) is 4.56. The summed E-state index contributed by atoms with van der Waals surface area (Å²) < 4.78 is 5.40. The molecule has 3 rings (SSSR count). The van der Waals surface area contributed by atoms with Crippen LogP contribution >= 0.6 is 0 Å². The number of morpholine rings is 1. The first-order valence-electron chi connectivity index (χ1n) is 9.55. The van der Waals surface area contributed by atoms with E-state index in [4.69, 9.17) is 4.74 Å². The fraction of sp³-hybridized carbons (Fsp3) is 0.409. The molecule has 4 nitrogen and oxygen atoms in total. The van der Waals surface area contributed by atoms with E-state index in [-0.39, 0.29) is 5.91 Å². The number of benzene rings is 2. The van der Waals surface area contributed by atoms with E-state index in [9.17, 15) is 4.79 Å². The maximum Gasteiger partial charge on any atom is 0.251 e. The molecule has 1 amide bonds. The van der Waals surface area contributed by atoms with Crippen LogP contribution in [0.25, 0.3) is 0 Å². The van der Waals surface area contributed by atoms with Crippen molar-refractivity contribution in [1.82, 2.24) is 5.32 Å². The Bertz CT molecular complexity index is 689. The van der Waals surface area contributed by atoms with Crippen molar-refractivity contribution >= 4 is 11.6 Å². The first-order valence-corrected chi connectivity index (χ1v) is 9.55. The Balaban J connectivity index is 1.40. The van der Waals surface area contributed by atoms with Crippen LogP contribution in [0.4, 0.5) is 5.69 Å². The molecule has 0 unspecified atom stereocenters. The first-order chi connectivity index (χ1) is 12.8. The van der Waals surface area contributed by atoms with Crippen LogP contribution in [0.2, 0.25) is 0 Å². The Kier molecular flexibility index (Phi) is 6.67. The van der Waals surface area contributed by atoms with Gasteiger partial charge in [-0.3, -0.25) is 4.79 Å². The van der Waals surface area contributed by atoms with E-state index >= 15 is 0 Å². The molecule has 0 radical (unpaired) electrons. The Labute approximate surface area is 156 Å². The molecule has 2 aromatic carbocycles. The number of nitrogens with zero attached hydrogens (tertiary/aromatic N) is 1. The fourth-order valence-corrected chi connectivity index (χ4v) is 3.18. The van der Waals surface area contributed by atoms with E-state index in [1.54, 1.807) is 0 Å². The van der Waals surface area contributed by atoms with E-state index in [1.165, 1.54) is 16.8 Å². The minimum atomic E-state index is 0.00955. The van der Waals surface area contributed by atoms with Crippen LogP contribution in [0.3, 0.4) is 0 Å². The van der Waals surface area contributed by atoms with E-state index in [0.717, 1.165) is 51.1 Å². The van der Waals surface area contributed by atoms with Crippen molar-refractivity contribution in [2.45, 2.75) is 26.2 Å². The topological polar surface area (TPSA) is 41.6 Å². The molecular formula is C22H28N2O2. The van der Waals surface area contributed by atoms with Crippen molar-refractivity contribution in [3.05, 3.63) is 65.2 Å². The lowest BCUT2D eigenvalue weighted by Gasteiger charge is -2.28. The van der Waals surface area contributed by atoms with E-state index in [0.29, 0.717) is 6.54 Å². The molecule has 0 aliphatic carbocycles. The van der Waals surface area contributed by atoms with Gasteiger partial charge in [-0.05, 0) is 54.7 Å². The highest BCUT2D eigenvalue weighted by molar-refractivity contribution is 5.94. The molecular weight excluding hydrogens is 324 g/mol. The molecule has 1 aliphatic rings. The van der Waals surface area contributed by atoms with Gasteiger partial charge in [0.25, 0.3) is 5.91 Å². The van der Waals surface area contributed by atoms with E-state index in [2.05, 4.69) is 41.4 Å². The smallest absolute Gasteiger partial charge is 0.251 e. The van der Waals surface area contributed by atoms with Gasteiger partial charge in [-0.1, -0.05) is 31.2 Å². The highest BCUT2D eigenvalue weighted by Crippen LogP contribution is 2.17. The molecule has 0 atom stereocenters. The minimum Gasteiger partial charge on any atom is -0.378 e. The van der Waals surface area contributed by atoms with Gasteiger partial charge < -0.3 is 15.0 Å². The number of anilines is 1. The summed E-state index contributed by atoms with van der Waals surface area (Å²) in [7, 11) is 0. The van der Waals surface area contributed by atoms with Gasteiger partial charge in [0.2, 0.25) is 0 Å². The summed E-state index contributed by atoms with van der Waals surface area (Å²) in [5.74, 6) is 0.00955. The number of ether oxygens (including phenoxy) is 1. The van der Waals surface area contributed by atoms with E-state index < -0.39 is 0 Å². The monoisotopic (exact) mass is 352 g/mol. The number of hydrogen-bond acceptors (Lipinski definition) is 3. The Morgan fingerprint density at radius 1 is 1.00 bits per heavy atom. The summed E-state index contributed by atoms with van der Waals surface area (Å²) in [4.78, 5) is 14.5. The van der Waals surface area contributed by atoms with Gasteiger partial charge in [0, 0.05) is 30.9 Å². The van der Waals surface area contributed by atoms with Gasteiger partial charge in [-0.25, -0.2) is 0 Å². The van der Waals surface area contributed by atoms with Gasteiger partial charge in [-0.15, -0.1) is 0 Å². The summed E-state index contributed by atoms with van der Waals surface area (Å²) in [5, 5.41) is 3.01. The predicted octanol–water partition coefficient (Wildman–Crippen LogP) is 3.45. The van der Waals surface area contributed by atoms with Crippen molar-refractivity contribution in [1.29, 1.82) is 0 Å². The number of hydrogen-bond donors (Lipinski definition) is 1. The SMILES string of the molecule is CCc1ccc(C(=O)NCCCc2ccc(N3CCOCC3)cc2)cc1. The van der Waals surface area contributed by atoms with Gasteiger partial charge in [0.05, 0.1) is 13.2 Å². The highest BCUT2D eigenvalue weighted by atomic mass is 16.5. The fourth-order valence-electron chi connectivity index (χ4n) is 3.18. The van der Waals surface area contributed by atoms with Crippen molar-refractivity contribution in [2.24, 2.45) is 0 Å². The van der Waals surface area contributed by atoms with Crippen LogP contribution in [0, 0.1) is 0 Å². The lowest BCUT2D eigenvalue weighted by molar-refractivity contribution is 0.0953. The number of rotatable bonds is 7. The second-order valence-corrected chi connectivity index (χ2v) is 6.68. The molecule has 0 aromatic heterocycles. The van der Waals surface area contributed by atoms with Gasteiger partial charge >= 0.3 is 0 Å². The standard InChI is InChI=1S/C22H28N2O2/c1-2-18-5-9-20(10-6-18)22(25)23-13-3-4-19-7-11-21(12-8-19)24-14-16-26-17-15-24/h5-12H,2-4,13-17H2,1H3,(H,23,25). The summed E-state index contributed by atoms with van der Waals surface area (Å²) in [6.07, 6.45) is 2.90. The zero-order valence-electron chi connectivity index (χ0n) is 15.5. The molecule has 138 valence electrons. The molecule has 1 heterocycles. The molecule has 0 saturated carbocycles. The van der Waals surface area contributed by atoms with Crippen molar-refractivity contribution in [3.8, 4) is 0 Å². The van der Waals surface area contributed by atoms with Gasteiger partial charge in [-0.2, -0.15) is 0 Å². The maximum absolute atomic E-state index is 12.1. The number of carbonyl (C=O) groups excluding carboxylic acids is 1. The van der Waals surface area contributed by atoms with Crippen LogP contribution < -0.4 is 10.2 Å². The van der Waals surface area contributed by atoms with Crippen molar-refractivity contribution < 1.29 is 9.53 Å². The second kappa shape index (κ2) is 9.39. The zero-order valence-corrected chi connectivity index (χ0v) is 15.5. The zero-order chi connectivity index (χ0) is 18.2. The van der Waals surface area contributed by atoms with Crippen molar-refractivity contribution in [2.75, 3.05) is 37.7 Å². The average Bonchev–Trinajstić information content (AvgIpc) is 2.72. The molecule has 1 saturated heterocycles. The van der Waals surface area contributed by atoms with E-state index in [1.807, 2.05) is 24.3 Å². The number of aryl methyl sites for hydroxylation is 2. The Hall–Kier alpha value is -2.33. The third-order valence-electron chi connectivity index (χ3n) is 4.86. The summed E-state index contributed by atoms with van der Waals surface area (Å²) >= 11 is 0. The van der Waals surface area contributed by atoms with Crippen LogP contribution in [-0.4, -0.2) is 38.8 Å². The largest absolute Gasteiger partial charge is 0.378 e. The summed E-state index contributed by atoms with van der Waals surface area (Å²) in [6.45, 7) is 6.35. The molecule has 1 N–H and O–H groups in total. The van der Waals surface area contributed by atoms with Gasteiger partial charge in [0.1, 0.15) is 0 Å². The Morgan fingerprint density at radius 2 is 1.65 bits per heavy atom. The van der Waals surface area contributed by atoms with Crippen molar-refractivity contribution in [3.63, 3.8) is 0 Å². The van der Waals surface area contributed by atoms with Crippen LogP contribution in [0.1, 0.15) is 34.8 Å². The number of nitrogens with one attached hydrogen (secondary N) is 1.